The summed E-state index contributed by atoms with van der Waals surface area (Å²) < 4.78 is 10.5. The van der Waals surface area contributed by atoms with Crippen molar-refractivity contribution in [3.8, 4) is 5.75 Å². The predicted molar refractivity (Wildman–Crippen MR) is 130 cm³/mol. The highest BCUT2D eigenvalue weighted by Crippen LogP contribution is 2.26. The summed E-state index contributed by atoms with van der Waals surface area (Å²) in [5.41, 5.74) is 4.05. The standard InChI is InChI=1S/C27H37N4O/c1-4-5-17-30-19-20-31(22-30)18-8-6-7-9-21-32-26-15-13-25(14-16-26)28-29-27-23(2)11-10-12-24(27)3/h10-16,19-20,22H,4-9,17-18,21H2,1-3H3/q+1. The Kier molecular flexibility index (Phi) is 9.48. The van der Waals surface area contributed by atoms with Crippen molar-refractivity contribution < 1.29 is 9.30 Å². The van der Waals surface area contributed by atoms with Crippen LogP contribution in [-0.4, -0.2) is 11.2 Å². The summed E-state index contributed by atoms with van der Waals surface area (Å²) in [5.74, 6) is 0.889. The Morgan fingerprint density at radius 1 is 0.875 bits per heavy atom. The van der Waals surface area contributed by atoms with Crippen LogP contribution in [0.4, 0.5) is 11.4 Å². The molecule has 0 saturated carbocycles. The van der Waals surface area contributed by atoms with Crippen LogP contribution in [0.2, 0.25) is 0 Å². The monoisotopic (exact) mass is 433 g/mol. The smallest absolute Gasteiger partial charge is 0.243 e. The van der Waals surface area contributed by atoms with Crippen LogP contribution in [0.1, 0.15) is 56.6 Å². The molecule has 32 heavy (non-hydrogen) atoms. The summed E-state index contributed by atoms with van der Waals surface area (Å²) >= 11 is 0. The highest BCUT2D eigenvalue weighted by Gasteiger charge is 2.03. The van der Waals surface area contributed by atoms with Crippen molar-refractivity contribution in [1.82, 2.24) is 4.57 Å². The van der Waals surface area contributed by atoms with Gasteiger partial charge in [-0.1, -0.05) is 31.5 Å². The number of hydrogen-bond donors (Lipinski definition) is 0. The van der Waals surface area contributed by atoms with Crippen molar-refractivity contribution in [3.63, 3.8) is 0 Å². The molecule has 5 heteroatoms. The third kappa shape index (κ3) is 7.63. The molecule has 0 aliphatic carbocycles. The highest BCUT2D eigenvalue weighted by atomic mass is 16.5. The van der Waals surface area contributed by atoms with Gasteiger partial charge in [-0.05, 0) is 81.3 Å². The summed E-state index contributed by atoms with van der Waals surface area (Å²) in [5, 5.41) is 8.80. The summed E-state index contributed by atoms with van der Waals surface area (Å²) in [6.45, 7) is 9.32. The number of benzene rings is 2. The minimum Gasteiger partial charge on any atom is -0.494 e. The SMILES string of the molecule is CCCCn1cc[n+](CCCCCCOc2ccc(N=Nc3c(C)cccc3C)cc2)c1. The first kappa shape index (κ1) is 23.7. The number of azo groups is 1. The zero-order chi connectivity index (χ0) is 22.6. The molecule has 3 aromatic rings. The van der Waals surface area contributed by atoms with E-state index in [1.54, 1.807) is 0 Å². The first-order chi connectivity index (χ1) is 15.7. The van der Waals surface area contributed by atoms with Crippen LogP contribution in [0, 0.1) is 13.8 Å². The lowest BCUT2D eigenvalue weighted by Crippen LogP contribution is -2.30. The van der Waals surface area contributed by atoms with Gasteiger partial charge in [0, 0.05) is 0 Å². The molecule has 0 fully saturated rings. The Morgan fingerprint density at radius 2 is 1.62 bits per heavy atom. The molecular weight excluding hydrogens is 396 g/mol. The molecule has 0 aliphatic heterocycles. The molecule has 1 heterocycles. The lowest BCUT2D eigenvalue weighted by molar-refractivity contribution is -0.696. The second-order valence-electron chi connectivity index (χ2n) is 8.44. The zero-order valence-electron chi connectivity index (χ0n) is 19.8. The van der Waals surface area contributed by atoms with Gasteiger partial charge in [-0.2, -0.15) is 10.2 Å². The third-order valence-corrected chi connectivity index (χ3v) is 5.64. The average molecular weight is 434 g/mol. The predicted octanol–water partition coefficient (Wildman–Crippen LogP) is 7.25. The maximum Gasteiger partial charge on any atom is 0.243 e. The second-order valence-corrected chi connectivity index (χ2v) is 8.44. The maximum absolute atomic E-state index is 5.89. The molecule has 0 amide bonds. The molecule has 0 aliphatic rings. The second kappa shape index (κ2) is 12.8. The van der Waals surface area contributed by atoms with Crippen molar-refractivity contribution in [1.29, 1.82) is 0 Å². The van der Waals surface area contributed by atoms with E-state index in [0.29, 0.717) is 0 Å². The van der Waals surface area contributed by atoms with E-state index in [0.717, 1.165) is 54.4 Å². The van der Waals surface area contributed by atoms with Gasteiger partial charge in [0.15, 0.2) is 0 Å². The number of aryl methyl sites for hydroxylation is 4. The van der Waals surface area contributed by atoms with Gasteiger partial charge in [-0.3, -0.25) is 0 Å². The van der Waals surface area contributed by atoms with Crippen LogP contribution < -0.4 is 9.30 Å². The normalized spacial score (nSPS) is 11.3. The van der Waals surface area contributed by atoms with Crippen molar-refractivity contribution in [3.05, 3.63) is 72.3 Å². The average Bonchev–Trinajstić information content (AvgIpc) is 3.25. The molecular formula is C27H37N4O+. The Bertz CT molecular complexity index is 955. The molecule has 2 aromatic carbocycles. The van der Waals surface area contributed by atoms with Crippen molar-refractivity contribution in [2.75, 3.05) is 6.61 Å². The Morgan fingerprint density at radius 3 is 2.38 bits per heavy atom. The number of imidazole rings is 1. The quantitative estimate of drug-likeness (QED) is 0.159. The first-order valence-electron chi connectivity index (χ1n) is 11.9. The van der Waals surface area contributed by atoms with Gasteiger partial charge < -0.3 is 4.74 Å². The van der Waals surface area contributed by atoms with Crippen molar-refractivity contribution in [2.24, 2.45) is 10.2 Å². The number of rotatable bonds is 13. The fourth-order valence-corrected chi connectivity index (χ4v) is 3.66. The van der Waals surface area contributed by atoms with Gasteiger partial charge in [0.2, 0.25) is 6.33 Å². The van der Waals surface area contributed by atoms with Crippen molar-refractivity contribution >= 4 is 11.4 Å². The molecule has 0 saturated heterocycles. The maximum atomic E-state index is 5.89. The molecule has 1 aromatic heterocycles. The van der Waals surface area contributed by atoms with Gasteiger partial charge in [0.05, 0.1) is 31.1 Å². The van der Waals surface area contributed by atoms with E-state index in [-0.39, 0.29) is 0 Å². The summed E-state index contributed by atoms with van der Waals surface area (Å²) in [6.07, 6.45) is 13.8. The minimum absolute atomic E-state index is 0.754. The fraction of sp³-hybridized carbons (Fsp3) is 0.444. The molecule has 0 bridgehead atoms. The number of aromatic nitrogens is 2. The zero-order valence-corrected chi connectivity index (χ0v) is 19.8. The molecule has 0 spiro atoms. The van der Waals surface area contributed by atoms with Crippen LogP contribution in [0.25, 0.3) is 0 Å². The first-order valence-corrected chi connectivity index (χ1v) is 11.9. The summed E-state index contributed by atoms with van der Waals surface area (Å²) in [4.78, 5) is 0. The fourth-order valence-electron chi connectivity index (χ4n) is 3.66. The minimum atomic E-state index is 0.754. The van der Waals surface area contributed by atoms with Crippen LogP contribution in [0.15, 0.2) is 71.4 Å². The van der Waals surface area contributed by atoms with E-state index in [2.05, 4.69) is 71.0 Å². The molecule has 3 rings (SSSR count). The lowest BCUT2D eigenvalue weighted by atomic mass is 10.1. The Hall–Kier alpha value is -2.95. The lowest BCUT2D eigenvalue weighted by Gasteiger charge is -2.06. The van der Waals surface area contributed by atoms with Gasteiger partial charge in [0.1, 0.15) is 18.1 Å². The summed E-state index contributed by atoms with van der Waals surface area (Å²) in [7, 11) is 0. The van der Waals surface area contributed by atoms with E-state index < -0.39 is 0 Å². The third-order valence-electron chi connectivity index (χ3n) is 5.64. The largest absolute Gasteiger partial charge is 0.494 e. The van der Waals surface area contributed by atoms with E-state index >= 15 is 0 Å². The van der Waals surface area contributed by atoms with Crippen LogP contribution in [-0.2, 0) is 13.1 Å². The van der Waals surface area contributed by atoms with Crippen LogP contribution in [0.5, 0.6) is 5.75 Å². The van der Waals surface area contributed by atoms with E-state index in [4.69, 9.17) is 4.74 Å². The highest BCUT2D eigenvalue weighted by molar-refractivity contribution is 5.52. The van der Waals surface area contributed by atoms with Crippen LogP contribution >= 0.6 is 0 Å². The molecule has 0 atom stereocenters. The number of hydrogen-bond acceptors (Lipinski definition) is 3. The van der Waals surface area contributed by atoms with Gasteiger partial charge in [0.25, 0.3) is 0 Å². The molecule has 5 nitrogen and oxygen atoms in total. The van der Waals surface area contributed by atoms with E-state index in [9.17, 15) is 0 Å². The van der Waals surface area contributed by atoms with Gasteiger partial charge in [-0.15, -0.1) is 0 Å². The molecule has 0 radical (unpaired) electrons. The number of nitrogens with zero attached hydrogens (tertiary/aromatic N) is 4. The number of unbranched alkanes of at least 4 members (excludes halogenated alkanes) is 4. The molecule has 0 N–H and O–H groups in total. The molecule has 0 unspecified atom stereocenters. The Labute approximate surface area is 192 Å². The van der Waals surface area contributed by atoms with E-state index in [1.807, 2.05) is 30.3 Å². The number of ether oxygens (including phenoxy) is 1. The van der Waals surface area contributed by atoms with Gasteiger partial charge in [-0.25, -0.2) is 9.13 Å². The van der Waals surface area contributed by atoms with Crippen molar-refractivity contribution in [2.45, 2.75) is 72.4 Å². The van der Waals surface area contributed by atoms with E-state index in [1.165, 1.54) is 32.1 Å². The van der Waals surface area contributed by atoms with Gasteiger partial charge >= 0.3 is 0 Å². The Balaban J connectivity index is 1.31. The summed E-state index contributed by atoms with van der Waals surface area (Å²) in [6, 6.07) is 14.0. The molecule has 170 valence electrons. The van der Waals surface area contributed by atoms with Crippen LogP contribution in [0.3, 0.4) is 0 Å². The topological polar surface area (TPSA) is 42.8 Å².